The van der Waals surface area contributed by atoms with Gasteiger partial charge in [-0.2, -0.15) is 0 Å². The van der Waals surface area contributed by atoms with Gasteiger partial charge in [0.05, 0.1) is 0 Å². The maximum atomic E-state index is 11.7. The number of hydrogen-bond donors (Lipinski definition) is 1. The van der Waals surface area contributed by atoms with E-state index in [2.05, 4.69) is 15.2 Å². The fraction of sp³-hybridized carbons (Fsp3) is 0.643. The van der Waals surface area contributed by atoms with Crippen molar-refractivity contribution in [2.75, 3.05) is 31.2 Å². The van der Waals surface area contributed by atoms with Crippen LogP contribution in [0.25, 0.3) is 0 Å². The maximum absolute atomic E-state index is 11.7. The predicted molar refractivity (Wildman–Crippen MR) is 78.5 cm³/mol. The summed E-state index contributed by atoms with van der Waals surface area (Å²) in [5.74, 6) is 1.07. The Hall–Kier alpha value is -1.14. The van der Waals surface area contributed by atoms with Crippen molar-refractivity contribution >= 4 is 15.7 Å². The first-order valence-corrected chi connectivity index (χ1v) is 9.06. The van der Waals surface area contributed by atoms with E-state index < -0.39 is 9.84 Å². The second kappa shape index (κ2) is 5.33. The molecular formula is C14H21N3O2S. The van der Waals surface area contributed by atoms with Crippen LogP contribution in [0.5, 0.6) is 0 Å². The van der Waals surface area contributed by atoms with Gasteiger partial charge >= 0.3 is 0 Å². The summed E-state index contributed by atoms with van der Waals surface area (Å²) in [5.41, 5.74) is 0. The van der Waals surface area contributed by atoms with Crippen molar-refractivity contribution in [3.8, 4) is 0 Å². The molecule has 1 aromatic heterocycles. The van der Waals surface area contributed by atoms with Crippen molar-refractivity contribution < 1.29 is 8.42 Å². The average Bonchev–Trinajstić information content (AvgIpc) is 3.15. The van der Waals surface area contributed by atoms with Crippen molar-refractivity contribution in [3.05, 3.63) is 18.3 Å². The molecule has 2 aliphatic rings. The van der Waals surface area contributed by atoms with Crippen LogP contribution in [0.2, 0.25) is 0 Å². The molecule has 1 N–H and O–H groups in total. The zero-order valence-corrected chi connectivity index (χ0v) is 12.6. The lowest BCUT2D eigenvalue weighted by Crippen LogP contribution is -2.25. The molecule has 0 amide bonds. The van der Waals surface area contributed by atoms with Gasteiger partial charge < -0.3 is 10.2 Å². The smallest absolute Gasteiger partial charge is 0.179 e. The highest BCUT2D eigenvalue weighted by molar-refractivity contribution is 7.90. The molecule has 2 fully saturated rings. The van der Waals surface area contributed by atoms with Crippen LogP contribution in [0.15, 0.2) is 23.2 Å². The van der Waals surface area contributed by atoms with Gasteiger partial charge in [0.1, 0.15) is 10.7 Å². The Labute approximate surface area is 120 Å². The van der Waals surface area contributed by atoms with Gasteiger partial charge in [0.2, 0.25) is 0 Å². The Morgan fingerprint density at radius 3 is 2.90 bits per heavy atom. The number of pyridine rings is 1. The number of nitrogens with one attached hydrogen (secondary N) is 1. The third kappa shape index (κ3) is 3.12. The summed E-state index contributed by atoms with van der Waals surface area (Å²) in [6.45, 7) is 3.10. The largest absolute Gasteiger partial charge is 0.369 e. The van der Waals surface area contributed by atoms with Gasteiger partial charge in [-0.05, 0) is 43.9 Å². The Morgan fingerprint density at radius 2 is 2.20 bits per heavy atom. The molecule has 20 heavy (non-hydrogen) atoms. The summed E-state index contributed by atoms with van der Waals surface area (Å²) < 4.78 is 23.4. The van der Waals surface area contributed by atoms with Gasteiger partial charge in [-0.1, -0.05) is 0 Å². The molecular weight excluding hydrogens is 274 g/mol. The molecule has 0 aromatic carbocycles. The molecule has 1 aliphatic heterocycles. The van der Waals surface area contributed by atoms with E-state index in [-0.39, 0.29) is 4.90 Å². The lowest BCUT2D eigenvalue weighted by molar-refractivity contribution is 0.316. The number of hydrogen-bond acceptors (Lipinski definition) is 5. The van der Waals surface area contributed by atoms with Crippen LogP contribution in [-0.4, -0.2) is 50.2 Å². The normalized spacial score (nSPS) is 23.9. The van der Waals surface area contributed by atoms with Crippen molar-refractivity contribution in [3.63, 3.8) is 0 Å². The quantitative estimate of drug-likeness (QED) is 0.889. The molecule has 3 rings (SSSR count). The Balaban J connectivity index is 1.61. The first-order chi connectivity index (χ1) is 9.54. The number of anilines is 1. The third-order valence-corrected chi connectivity index (χ3v) is 5.24. The van der Waals surface area contributed by atoms with Crippen molar-refractivity contribution in [2.45, 2.75) is 30.2 Å². The van der Waals surface area contributed by atoms with Gasteiger partial charge in [-0.3, -0.25) is 0 Å². The minimum Gasteiger partial charge on any atom is -0.369 e. The van der Waals surface area contributed by atoms with E-state index in [0.717, 1.165) is 19.1 Å². The van der Waals surface area contributed by atoms with Crippen LogP contribution in [0.1, 0.15) is 19.3 Å². The minimum atomic E-state index is -3.23. The van der Waals surface area contributed by atoms with E-state index in [4.69, 9.17) is 0 Å². The number of rotatable bonds is 5. The highest BCUT2D eigenvalue weighted by Crippen LogP contribution is 2.31. The lowest BCUT2D eigenvalue weighted by atomic mass is 10.1. The highest BCUT2D eigenvalue weighted by Gasteiger charge is 2.34. The molecule has 6 heteroatoms. The van der Waals surface area contributed by atoms with Crippen LogP contribution in [-0.2, 0) is 9.84 Å². The monoisotopic (exact) mass is 295 g/mol. The molecule has 1 aliphatic carbocycles. The number of nitrogens with zero attached hydrogens (tertiary/aromatic N) is 2. The summed E-state index contributed by atoms with van der Waals surface area (Å²) >= 11 is 0. The van der Waals surface area contributed by atoms with Crippen molar-refractivity contribution in [1.29, 1.82) is 0 Å². The number of aromatic nitrogens is 1. The van der Waals surface area contributed by atoms with Gasteiger partial charge in [-0.15, -0.1) is 0 Å². The van der Waals surface area contributed by atoms with E-state index in [9.17, 15) is 8.42 Å². The minimum absolute atomic E-state index is 0.289. The Kier molecular flexibility index (Phi) is 3.69. The van der Waals surface area contributed by atoms with Gasteiger partial charge in [-0.25, -0.2) is 13.4 Å². The topological polar surface area (TPSA) is 62.3 Å². The predicted octanol–water partition coefficient (Wildman–Crippen LogP) is 1.38. The second-order valence-electron chi connectivity index (χ2n) is 5.88. The molecule has 1 atom stereocenters. The van der Waals surface area contributed by atoms with E-state index in [0.29, 0.717) is 11.7 Å². The summed E-state index contributed by atoms with van der Waals surface area (Å²) in [4.78, 5) is 7.02. The molecule has 1 aromatic rings. The molecule has 0 radical (unpaired) electrons. The van der Waals surface area contributed by atoms with Crippen LogP contribution in [0.4, 0.5) is 5.82 Å². The second-order valence-corrected chi connectivity index (χ2v) is 7.87. The average molecular weight is 295 g/mol. The first kappa shape index (κ1) is 13.8. The van der Waals surface area contributed by atoms with Crippen molar-refractivity contribution in [2.24, 2.45) is 5.92 Å². The summed E-state index contributed by atoms with van der Waals surface area (Å²) in [6, 6.07) is 4.09. The first-order valence-electron chi connectivity index (χ1n) is 7.17. The van der Waals surface area contributed by atoms with Crippen LogP contribution < -0.4 is 5.32 Å². The fourth-order valence-electron chi connectivity index (χ4n) is 2.86. The van der Waals surface area contributed by atoms with Gasteiger partial charge in [0, 0.05) is 31.6 Å². The van der Waals surface area contributed by atoms with Gasteiger partial charge in [0.25, 0.3) is 0 Å². The van der Waals surface area contributed by atoms with Crippen LogP contribution in [0.3, 0.4) is 0 Å². The SMILES string of the molecule is CS(=O)(=O)c1cccnc1NCC1CCN(C2CC2)C1. The van der Waals surface area contributed by atoms with E-state index in [1.807, 2.05) is 0 Å². The molecule has 1 saturated carbocycles. The standard InChI is InChI=1S/C14H21N3O2S/c1-20(18,19)13-3-2-7-15-14(13)16-9-11-6-8-17(10-11)12-4-5-12/h2-3,7,11-12H,4-6,8-10H2,1H3,(H,15,16). The molecule has 0 spiro atoms. The zero-order valence-electron chi connectivity index (χ0n) is 11.7. The molecule has 110 valence electrons. The van der Waals surface area contributed by atoms with E-state index >= 15 is 0 Å². The lowest BCUT2D eigenvalue weighted by Gasteiger charge is -2.16. The molecule has 1 saturated heterocycles. The van der Waals surface area contributed by atoms with Gasteiger partial charge in [0.15, 0.2) is 9.84 Å². The van der Waals surface area contributed by atoms with E-state index in [1.54, 1.807) is 18.3 Å². The van der Waals surface area contributed by atoms with E-state index in [1.165, 1.54) is 32.1 Å². The molecule has 1 unspecified atom stereocenters. The number of sulfone groups is 1. The van der Waals surface area contributed by atoms with Crippen LogP contribution >= 0.6 is 0 Å². The summed E-state index contributed by atoms with van der Waals surface area (Å²) in [5, 5.41) is 3.22. The Morgan fingerprint density at radius 1 is 1.40 bits per heavy atom. The zero-order chi connectivity index (χ0) is 14.2. The molecule has 2 heterocycles. The third-order valence-electron chi connectivity index (χ3n) is 4.11. The summed E-state index contributed by atoms with van der Waals surface area (Å²) in [7, 11) is -3.23. The highest BCUT2D eigenvalue weighted by atomic mass is 32.2. The maximum Gasteiger partial charge on any atom is 0.179 e. The Bertz CT molecular complexity index is 584. The van der Waals surface area contributed by atoms with Crippen LogP contribution in [0, 0.1) is 5.92 Å². The fourth-order valence-corrected chi connectivity index (χ4v) is 3.67. The summed E-state index contributed by atoms with van der Waals surface area (Å²) in [6.07, 6.45) is 6.73. The molecule has 0 bridgehead atoms. The van der Waals surface area contributed by atoms with Crippen molar-refractivity contribution in [1.82, 2.24) is 9.88 Å². The number of likely N-dealkylation sites (tertiary alicyclic amines) is 1. The molecule has 5 nitrogen and oxygen atoms in total.